The first-order chi connectivity index (χ1) is 14.7. The highest BCUT2D eigenvalue weighted by Crippen LogP contribution is 2.51. The molecule has 3 aliphatic carbocycles. The normalized spacial score (nSPS) is 27.5. The molecule has 0 saturated heterocycles. The molecular formula is C22H23NO8. The van der Waals surface area contributed by atoms with Crippen LogP contribution in [0, 0.1) is 11.8 Å². The summed E-state index contributed by atoms with van der Waals surface area (Å²) < 4.78 is 5.65. The largest absolute Gasteiger partial charge is 0.508 e. The summed E-state index contributed by atoms with van der Waals surface area (Å²) in [5, 5.41) is 41.7. The van der Waals surface area contributed by atoms with Gasteiger partial charge in [-0.2, -0.15) is 0 Å². The molecule has 31 heavy (non-hydrogen) atoms. The summed E-state index contributed by atoms with van der Waals surface area (Å²) in [7, 11) is 0. The molecule has 9 nitrogen and oxygen atoms in total. The third-order valence-corrected chi connectivity index (χ3v) is 6.34. The van der Waals surface area contributed by atoms with Crippen LogP contribution in [-0.2, 0) is 20.8 Å². The lowest BCUT2D eigenvalue weighted by atomic mass is 9.59. The van der Waals surface area contributed by atoms with Gasteiger partial charge in [-0.1, -0.05) is 12.1 Å². The summed E-state index contributed by atoms with van der Waals surface area (Å²) in [6.45, 7) is 0.135. The lowest BCUT2D eigenvalue weighted by molar-refractivity contribution is -0.147. The van der Waals surface area contributed by atoms with Crippen molar-refractivity contribution in [2.45, 2.75) is 31.3 Å². The van der Waals surface area contributed by atoms with Crippen LogP contribution in [-0.4, -0.2) is 56.7 Å². The highest BCUT2D eigenvalue weighted by Gasteiger charge is 2.60. The zero-order valence-corrected chi connectivity index (χ0v) is 16.6. The number of amides is 1. The number of carbonyl (C=O) groups excluding carboxylic acids is 3. The Labute approximate surface area is 177 Å². The number of primary amides is 1. The molecule has 0 unspecified atom stereocenters. The Hall–Kier alpha value is -3.17. The van der Waals surface area contributed by atoms with Crippen molar-refractivity contribution in [1.82, 2.24) is 0 Å². The Kier molecular flexibility index (Phi) is 5.10. The highest BCUT2D eigenvalue weighted by molar-refractivity contribution is 6.22. The van der Waals surface area contributed by atoms with E-state index < -0.39 is 46.2 Å². The Morgan fingerprint density at radius 2 is 1.97 bits per heavy atom. The van der Waals surface area contributed by atoms with E-state index in [1.165, 1.54) is 0 Å². The van der Waals surface area contributed by atoms with Gasteiger partial charge in [0, 0.05) is 30.9 Å². The smallest absolute Gasteiger partial charge is 0.255 e. The molecule has 0 aliphatic heterocycles. The van der Waals surface area contributed by atoms with Crippen molar-refractivity contribution in [3.05, 3.63) is 46.2 Å². The van der Waals surface area contributed by atoms with E-state index in [1.807, 2.05) is 0 Å². The molecule has 1 aromatic carbocycles. The van der Waals surface area contributed by atoms with Crippen LogP contribution in [0.15, 0.2) is 35.1 Å². The van der Waals surface area contributed by atoms with E-state index in [0.29, 0.717) is 24.2 Å². The SMILES string of the molecule is NC(=O)C1=C(O)[C@@]2(O)C(=O)C3=C(O)c4c(cccc4OCCCO)C[C@H]3C[C@H]2CC1=O. The van der Waals surface area contributed by atoms with Gasteiger partial charge >= 0.3 is 0 Å². The first-order valence-corrected chi connectivity index (χ1v) is 10.0. The Morgan fingerprint density at radius 3 is 2.65 bits per heavy atom. The molecule has 1 amide bonds. The number of ether oxygens (including phenoxy) is 1. The van der Waals surface area contributed by atoms with Crippen LogP contribution in [0.2, 0.25) is 0 Å². The molecule has 0 aromatic heterocycles. The number of aliphatic hydroxyl groups is 4. The van der Waals surface area contributed by atoms with Gasteiger partial charge in [0.1, 0.15) is 22.8 Å². The molecule has 164 valence electrons. The van der Waals surface area contributed by atoms with Gasteiger partial charge in [0.05, 0.1) is 12.2 Å². The van der Waals surface area contributed by atoms with Gasteiger partial charge in [-0.15, -0.1) is 0 Å². The fourth-order valence-corrected chi connectivity index (χ4v) is 4.91. The number of Topliss-reactive ketones (excluding diaryl/α,β-unsaturated/α-hetero) is 2. The van der Waals surface area contributed by atoms with Crippen molar-refractivity contribution in [2.75, 3.05) is 13.2 Å². The summed E-state index contributed by atoms with van der Waals surface area (Å²) >= 11 is 0. The van der Waals surface area contributed by atoms with Crippen molar-refractivity contribution in [1.29, 1.82) is 0 Å². The van der Waals surface area contributed by atoms with Crippen LogP contribution in [0.1, 0.15) is 30.4 Å². The van der Waals surface area contributed by atoms with Gasteiger partial charge in [-0.3, -0.25) is 14.4 Å². The van der Waals surface area contributed by atoms with E-state index in [4.69, 9.17) is 15.6 Å². The predicted octanol–water partition coefficient (Wildman–Crippen LogP) is 0.479. The van der Waals surface area contributed by atoms with Gasteiger partial charge in [0.15, 0.2) is 11.4 Å². The van der Waals surface area contributed by atoms with Crippen molar-refractivity contribution in [3.63, 3.8) is 0 Å². The third-order valence-electron chi connectivity index (χ3n) is 6.34. The number of nitrogens with two attached hydrogens (primary N) is 1. The maximum Gasteiger partial charge on any atom is 0.255 e. The summed E-state index contributed by atoms with van der Waals surface area (Å²) in [5.41, 5.74) is 2.86. The molecule has 1 saturated carbocycles. The monoisotopic (exact) mass is 429 g/mol. The second kappa shape index (κ2) is 7.51. The molecule has 6 N–H and O–H groups in total. The van der Waals surface area contributed by atoms with Crippen molar-refractivity contribution in [2.24, 2.45) is 17.6 Å². The van der Waals surface area contributed by atoms with Crippen LogP contribution >= 0.6 is 0 Å². The van der Waals surface area contributed by atoms with Crippen molar-refractivity contribution in [3.8, 4) is 5.75 Å². The van der Waals surface area contributed by atoms with E-state index in [1.54, 1.807) is 18.2 Å². The van der Waals surface area contributed by atoms with Gasteiger partial charge in [-0.25, -0.2) is 0 Å². The first-order valence-electron chi connectivity index (χ1n) is 10.0. The van der Waals surface area contributed by atoms with E-state index in [-0.39, 0.29) is 37.4 Å². The van der Waals surface area contributed by atoms with E-state index in [2.05, 4.69) is 0 Å². The Bertz CT molecular complexity index is 1060. The standard InChI is InChI=1S/C22H23NO8/c23-21(29)17-13(25)9-12-8-11-7-10-3-1-4-14(31-6-2-5-24)15(10)18(26)16(11)19(27)22(12,30)20(17)28/h1,3-4,11-12,24,26,28,30H,2,5-9H2,(H2,23,29)/t11-,12-,22-/m0/s1. The van der Waals surface area contributed by atoms with Crippen molar-refractivity contribution >= 4 is 23.2 Å². The molecule has 1 aromatic rings. The van der Waals surface area contributed by atoms with E-state index in [9.17, 15) is 29.7 Å². The number of hydrogen-bond acceptors (Lipinski definition) is 8. The minimum Gasteiger partial charge on any atom is -0.508 e. The van der Waals surface area contributed by atoms with Gasteiger partial charge in [0.2, 0.25) is 5.78 Å². The molecule has 3 aliphatic rings. The van der Waals surface area contributed by atoms with Crippen LogP contribution in [0.4, 0.5) is 0 Å². The molecule has 1 fully saturated rings. The average molecular weight is 429 g/mol. The molecule has 4 rings (SSSR count). The summed E-state index contributed by atoms with van der Waals surface area (Å²) in [5.74, 6) is -5.41. The van der Waals surface area contributed by atoms with Gasteiger partial charge in [-0.05, 0) is 30.4 Å². The van der Waals surface area contributed by atoms with Gasteiger partial charge in [0.25, 0.3) is 5.91 Å². The number of aliphatic hydroxyl groups excluding tert-OH is 3. The number of benzene rings is 1. The fourth-order valence-electron chi connectivity index (χ4n) is 4.91. The lowest BCUT2D eigenvalue weighted by Crippen LogP contribution is -2.58. The molecule has 3 atom stereocenters. The number of ketones is 2. The first kappa shape index (κ1) is 21.1. The predicted molar refractivity (Wildman–Crippen MR) is 107 cm³/mol. The minimum atomic E-state index is -2.51. The maximum absolute atomic E-state index is 13.4. The van der Waals surface area contributed by atoms with Crippen molar-refractivity contribution < 1.29 is 39.5 Å². The van der Waals surface area contributed by atoms with E-state index in [0.717, 1.165) is 5.56 Å². The Balaban J connectivity index is 1.83. The molecule has 9 heteroatoms. The molecule has 0 radical (unpaired) electrons. The third kappa shape index (κ3) is 3.03. The lowest BCUT2D eigenvalue weighted by Gasteiger charge is -2.46. The fraction of sp³-hybridized carbons (Fsp3) is 0.409. The van der Waals surface area contributed by atoms with Crippen LogP contribution in [0.25, 0.3) is 5.76 Å². The summed E-state index contributed by atoms with van der Waals surface area (Å²) in [6.07, 6.45) is 0.586. The average Bonchev–Trinajstić information content (AvgIpc) is 2.70. The highest BCUT2D eigenvalue weighted by atomic mass is 16.5. The van der Waals surface area contributed by atoms with Crippen LogP contribution in [0.5, 0.6) is 5.75 Å². The quantitative estimate of drug-likeness (QED) is 0.333. The second-order valence-corrected chi connectivity index (χ2v) is 8.12. The topological polar surface area (TPSA) is 167 Å². The molecular weight excluding hydrogens is 406 g/mol. The van der Waals surface area contributed by atoms with Crippen LogP contribution < -0.4 is 10.5 Å². The minimum absolute atomic E-state index is 0.0659. The number of hydrogen-bond donors (Lipinski definition) is 5. The zero-order chi connectivity index (χ0) is 22.5. The second-order valence-electron chi connectivity index (χ2n) is 8.12. The summed E-state index contributed by atoms with van der Waals surface area (Å²) in [4.78, 5) is 37.3. The molecule has 0 heterocycles. The van der Waals surface area contributed by atoms with Crippen LogP contribution in [0.3, 0.4) is 0 Å². The number of carbonyl (C=O) groups is 3. The number of rotatable bonds is 5. The molecule has 0 bridgehead atoms. The maximum atomic E-state index is 13.4. The number of fused-ring (bicyclic) bond motifs is 3. The summed E-state index contributed by atoms with van der Waals surface area (Å²) in [6, 6.07) is 5.17. The van der Waals surface area contributed by atoms with E-state index >= 15 is 0 Å². The Morgan fingerprint density at radius 1 is 1.23 bits per heavy atom. The zero-order valence-electron chi connectivity index (χ0n) is 16.6. The molecule has 0 spiro atoms. The van der Waals surface area contributed by atoms with Gasteiger partial charge < -0.3 is 30.9 Å².